The Labute approximate surface area is 156 Å². The third-order valence-corrected chi connectivity index (χ3v) is 5.17. The Bertz CT molecular complexity index is 858. The summed E-state index contributed by atoms with van der Waals surface area (Å²) in [4.78, 5) is 27.0. The highest BCUT2D eigenvalue weighted by molar-refractivity contribution is 9.11. The Morgan fingerprint density at radius 1 is 1.21 bits per heavy atom. The quantitative estimate of drug-likeness (QED) is 0.468. The van der Waals surface area contributed by atoms with Gasteiger partial charge in [-0.15, -0.1) is 11.3 Å². The van der Waals surface area contributed by atoms with Crippen LogP contribution in [0.15, 0.2) is 45.8 Å². The van der Waals surface area contributed by atoms with Crippen LogP contribution in [0.25, 0.3) is 6.08 Å². The lowest BCUT2D eigenvalue weighted by Gasteiger charge is -2.28. The second kappa shape index (κ2) is 6.84. The van der Waals surface area contributed by atoms with E-state index >= 15 is 0 Å². The van der Waals surface area contributed by atoms with Crippen LogP contribution in [0.3, 0.4) is 0 Å². The summed E-state index contributed by atoms with van der Waals surface area (Å²) in [6.45, 7) is 0. The van der Waals surface area contributed by atoms with Crippen LogP contribution in [-0.4, -0.2) is 24.0 Å². The number of rotatable bonds is 3. The zero-order valence-corrected chi connectivity index (χ0v) is 15.6. The van der Waals surface area contributed by atoms with E-state index in [1.54, 1.807) is 37.5 Å². The molecule has 1 aromatic heterocycles. The van der Waals surface area contributed by atoms with E-state index in [0.717, 1.165) is 8.66 Å². The number of carbonyl (C=O) groups excluding carboxylic acids is 2. The maximum atomic E-state index is 12.8. The highest BCUT2D eigenvalue weighted by atomic mass is 79.9. The Kier molecular flexibility index (Phi) is 4.79. The van der Waals surface area contributed by atoms with E-state index in [2.05, 4.69) is 21.2 Å². The lowest BCUT2D eigenvalue weighted by molar-refractivity contribution is -0.122. The van der Waals surface area contributed by atoms with Crippen molar-refractivity contribution in [3.63, 3.8) is 0 Å². The van der Waals surface area contributed by atoms with E-state index in [1.165, 1.54) is 16.2 Å². The second-order valence-corrected chi connectivity index (χ2v) is 7.68. The lowest BCUT2D eigenvalue weighted by Crippen LogP contribution is -2.54. The summed E-state index contributed by atoms with van der Waals surface area (Å²) < 4.78 is 6.03. The molecule has 8 heteroatoms. The maximum Gasteiger partial charge on any atom is 0.270 e. The summed E-state index contributed by atoms with van der Waals surface area (Å²) in [7, 11) is 1.56. The number of halogens is 1. The highest BCUT2D eigenvalue weighted by Gasteiger charge is 2.34. The first kappa shape index (κ1) is 16.8. The van der Waals surface area contributed by atoms with Crippen molar-refractivity contribution in [1.29, 1.82) is 0 Å². The van der Waals surface area contributed by atoms with E-state index in [0.29, 0.717) is 11.4 Å². The molecule has 122 valence electrons. The summed E-state index contributed by atoms with van der Waals surface area (Å²) in [5.41, 5.74) is 0.595. The predicted octanol–water partition coefficient (Wildman–Crippen LogP) is 3.35. The van der Waals surface area contributed by atoms with E-state index in [1.807, 2.05) is 12.1 Å². The molecule has 0 spiro atoms. The minimum Gasteiger partial charge on any atom is -0.497 e. The topological polar surface area (TPSA) is 58.6 Å². The molecule has 1 aliphatic rings. The van der Waals surface area contributed by atoms with Gasteiger partial charge in [-0.05, 0) is 70.6 Å². The van der Waals surface area contributed by atoms with Crippen molar-refractivity contribution < 1.29 is 14.3 Å². The van der Waals surface area contributed by atoms with E-state index in [9.17, 15) is 9.59 Å². The molecule has 2 heterocycles. The van der Waals surface area contributed by atoms with Gasteiger partial charge in [-0.3, -0.25) is 19.8 Å². The molecule has 2 aromatic rings. The van der Waals surface area contributed by atoms with Gasteiger partial charge in [-0.25, -0.2) is 0 Å². The van der Waals surface area contributed by atoms with Crippen LogP contribution in [0.4, 0.5) is 5.69 Å². The number of thiocarbonyl (C=S) groups is 1. The van der Waals surface area contributed by atoms with Gasteiger partial charge in [0.2, 0.25) is 0 Å². The van der Waals surface area contributed by atoms with Crippen LogP contribution in [0, 0.1) is 0 Å². The standard InChI is InChI=1S/C16H11BrN2O3S2/c1-22-10-4-2-9(3-5-10)19-15(21)12(14(20)18-16(19)23)8-11-6-7-13(17)24-11/h2-8H,1H3,(H,18,20,23)/b12-8+. The second-order valence-electron chi connectivity index (χ2n) is 4.80. The molecule has 1 aromatic carbocycles. The van der Waals surface area contributed by atoms with Crippen LogP contribution in [0.2, 0.25) is 0 Å². The zero-order valence-electron chi connectivity index (χ0n) is 12.4. The number of nitrogens with one attached hydrogen (secondary N) is 1. The molecule has 0 aliphatic carbocycles. The van der Waals surface area contributed by atoms with Crippen molar-refractivity contribution in [1.82, 2.24) is 5.32 Å². The highest BCUT2D eigenvalue weighted by Crippen LogP contribution is 2.27. The lowest BCUT2D eigenvalue weighted by atomic mass is 10.1. The third kappa shape index (κ3) is 3.26. The number of benzene rings is 1. The summed E-state index contributed by atoms with van der Waals surface area (Å²) >= 11 is 9.94. The molecule has 0 saturated carbocycles. The molecule has 1 N–H and O–H groups in total. The van der Waals surface area contributed by atoms with E-state index < -0.39 is 11.8 Å². The molecule has 0 atom stereocenters. The number of nitrogens with zero attached hydrogens (tertiary/aromatic N) is 1. The summed E-state index contributed by atoms with van der Waals surface area (Å²) in [5, 5.41) is 2.61. The van der Waals surface area contributed by atoms with Crippen molar-refractivity contribution in [2.45, 2.75) is 0 Å². The first-order valence-electron chi connectivity index (χ1n) is 6.80. The summed E-state index contributed by atoms with van der Waals surface area (Å²) in [6.07, 6.45) is 1.56. The van der Waals surface area contributed by atoms with Gasteiger partial charge < -0.3 is 4.74 Å². The van der Waals surface area contributed by atoms with Crippen molar-refractivity contribution in [3.05, 3.63) is 50.6 Å². The monoisotopic (exact) mass is 422 g/mol. The molecule has 3 rings (SSSR count). The van der Waals surface area contributed by atoms with E-state index in [-0.39, 0.29) is 10.7 Å². The minimum absolute atomic E-state index is 0.0359. The van der Waals surface area contributed by atoms with Gasteiger partial charge in [0, 0.05) is 4.88 Å². The molecule has 2 amide bonds. The van der Waals surface area contributed by atoms with Gasteiger partial charge in [0.15, 0.2) is 5.11 Å². The first-order valence-corrected chi connectivity index (χ1v) is 8.82. The molecule has 1 fully saturated rings. The molecule has 5 nitrogen and oxygen atoms in total. The largest absolute Gasteiger partial charge is 0.497 e. The number of hydrogen-bond donors (Lipinski definition) is 1. The average Bonchev–Trinajstić information content (AvgIpc) is 2.97. The molecule has 1 saturated heterocycles. The Hall–Kier alpha value is -2.03. The fourth-order valence-corrected chi connectivity index (χ4v) is 3.82. The molecular weight excluding hydrogens is 412 g/mol. The normalized spacial score (nSPS) is 16.5. The van der Waals surface area contributed by atoms with Gasteiger partial charge in [0.25, 0.3) is 11.8 Å². The van der Waals surface area contributed by atoms with Crippen molar-refractivity contribution in [2.75, 3.05) is 12.0 Å². The fourth-order valence-electron chi connectivity index (χ4n) is 2.17. The first-order chi connectivity index (χ1) is 11.5. The Balaban J connectivity index is 1.97. The fraction of sp³-hybridized carbons (Fsp3) is 0.0625. The minimum atomic E-state index is -0.501. The molecule has 0 radical (unpaired) electrons. The van der Waals surface area contributed by atoms with Crippen LogP contribution >= 0.6 is 39.5 Å². The third-order valence-electron chi connectivity index (χ3n) is 3.31. The van der Waals surface area contributed by atoms with Crippen LogP contribution < -0.4 is 15.0 Å². The molecule has 0 bridgehead atoms. The SMILES string of the molecule is COc1ccc(N2C(=O)/C(=C/c3ccc(Br)s3)C(=O)NC2=S)cc1. The van der Waals surface area contributed by atoms with Gasteiger partial charge in [-0.1, -0.05) is 0 Å². The molecule has 24 heavy (non-hydrogen) atoms. The average molecular weight is 423 g/mol. The van der Waals surface area contributed by atoms with Crippen LogP contribution in [-0.2, 0) is 9.59 Å². The zero-order chi connectivity index (χ0) is 17.3. The number of ether oxygens (including phenoxy) is 1. The van der Waals surface area contributed by atoms with Gasteiger partial charge in [-0.2, -0.15) is 0 Å². The Morgan fingerprint density at radius 2 is 1.92 bits per heavy atom. The summed E-state index contributed by atoms with van der Waals surface area (Å²) in [6, 6.07) is 10.5. The molecule has 0 unspecified atom stereocenters. The molecular formula is C16H11BrN2O3S2. The van der Waals surface area contributed by atoms with Crippen LogP contribution in [0.1, 0.15) is 4.88 Å². The summed E-state index contributed by atoms with van der Waals surface area (Å²) in [5.74, 6) is -0.296. The predicted molar refractivity (Wildman–Crippen MR) is 101 cm³/mol. The number of anilines is 1. The Morgan fingerprint density at radius 3 is 2.50 bits per heavy atom. The van der Waals surface area contributed by atoms with Crippen LogP contribution in [0.5, 0.6) is 5.75 Å². The van der Waals surface area contributed by atoms with Gasteiger partial charge >= 0.3 is 0 Å². The smallest absolute Gasteiger partial charge is 0.270 e. The molecule has 1 aliphatic heterocycles. The van der Waals surface area contributed by atoms with Crippen molar-refractivity contribution in [2.24, 2.45) is 0 Å². The van der Waals surface area contributed by atoms with Crippen molar-refractivity contribution >= 4 is 68.2 Å². The number of methoxy groups -OCH3 is 1. The number of amides is 2. The maximum absolute atomic E-state index is 12.8. The number of thiophene rings is 1. The van der Waals surface area contributed by atoms with Gasteiger partial charge in [0.1, 0.15) is 11.3 Å². The number of hydrogen-bond acceptors (Lipinski definition) is 5. The number of carbonyl (C=O) groups is 2. The van der Waals surface area contributed by atoms with E-state index in [4.69, 9.17) is 17.0 Å². The van der Waals surface area contributed by atoms with Gasteiger partial charge in [0.05, 0.1) is 16.6 Å². The van der Waals surface area contributed by atoms with Crippen molar-refractivity contribution in [3.8, 4) is 5.75 Å².